The van der Waals surface area contributed by atoms with Crippen molar-refractivity contribution in [1.29, 1.82) is 0 Å². The molecule has 3 aromatic rings. The van der Waals surface area contributed by atoms with Gasteiger partial charge >= 0.3 is 0 Å². The summed E-state index contributed by atoms with van der Waals surface area (Å²) in [5.74, 6) is 2.18. The Kier molecular flexibility index (Phi) is 5.14. The highest BCUT2D eigenvalue weighted by molar-refractivity contribution is 5.83. The number of benzene rings is 3. The van der Waals surface area contributed by atoms with E-state index in [0.717, 1.165) is 29.2 Å². The zero-order valence-corrected chi connectivity index (χ0v) is 17.6. The highest BCUT2D eigenvalue weighted by atomic mass is 16.5. The van der Waals surface area contributed by atoms with Gasteiger partial charge in [-0.25, -0.2) is 0 Å². The van der Waals surface area contributed by atoms with Gasteiger partial charge in [0.15, 0.2) is 0 Å². The molecule has 0 aliphatic carbocycles. The average Bonchev–Trinajstić information content (AvgIpc) is 2.72. The molecule has 3 heteroatoms. The van der Waals surface area contributed by atoms with E-state index in [-0.39, 0.29) is 5.54 Å². The molecule has 0 bridgehead atoms. The van der Waals surface area contributed by atoms with Crippen molar-refractivity contribution in [3.63, 3.8) is 0 Å². The van der Waals surface area contributed by atoms with Crippen molar-refractivity contribution in [2.75, 3.05) is 11.9 Å². The molecule has 148 valence electrons. The van der Waals surface area contributed by atoms with Crippen molar-refractivity contribution >= 4 is 17.6 Å². The number of rotatable bonds is 4. The molecule has 1 aliphatic rings. The Morgan fingerprint density at radius 2 is 1.66 bits per heavy atom. The van der Waals surface area contributed by atoms with Crippen molar-refractivity contribution < 1.29 is 4.74 Å². The Hall–Kier alpha value is -3.07. The van der Waals surface area contributed by atoms with E-state index < -0.39 is 0 Å². The van der Waals surface area contributed by atoms with Crippen molar-refractivity contribution in [3.05, 3.63) is 83.9 Å². The van der Waals surface area contributed by atoms with E-state index in [1.807, 2.05) is 60.8 Å². The third-order valence-electron chi connectivity index (χ3n) is 5.84. The van der Waals surface area contributed by atoms with Crippen molar-refractivity contribution in [3.8, 4) is 11.5 Å². The Morgan fingerprint density at radius 3 is 2.38 bits per heavy atom. The van der Waals surface area contributed by atoms with Gasteiger partial charge in [-0.1, -0.05) is 31.2 Å². The Balaban J connectivity index is 1.49. The molecule has 3 aromatic carbocycles. The molecule has 1 atom stereocenters. The molecular formula is C26H28N2O. The maximum atomic E-state index is 5.84. The van der Waals surface area contributed by atoms with Gasteiger partial charge in [0.05, 0.1) is 5.69 Å². The van der Waals surface area contributed by atoms with Crippen LogP contribution in [0.25, 0.3) is 0 Å². The first-order valence-corrected chi connectivity index (χ1v) is 10.2. The van der Waals surface area contributed by atoms with Gasteiger partial charge in [0.25, 0.3) is 0 Å². The number of fused-ring (bicyclic) bond motifs is 1. The average molecular weight is 385 g/mol. The quantitative estimate of drug-likeness (QED) is 0.455. The van der Waals surface area contributed by atoms with E-state index in [9.17, 15) is 0 Å². The van der Waals surface area contributed by atoms with E-state index >= 15 is 0 Å². The molecule has 4 rings (SSSR count). The molecule has 1 aliphatic heterocycles. The van der Waals surface area contributed by atoms with Gasteiger partial charge in [-0.15, -0.1) is 0 Å². The predicted molar refractivity (Wildman–Crippen MR) is 122 cm³/mol. The van der Waals surface area contributed by atoms with Gasteiger partial charge < -0.3 is 9.64 Å². The summed E-state index contributed by atoms with van der Waals surface area (Å²) in [6, 6.07) is 24.3. The normalized spacial score (nSPS) is 17.9. The Bertz CT molecular complexity index is 1010. The minimum absolute atomic E-state index is 0.186. The van der Waals surface area contributed by atoms with Crippen LogP contribution in [0.5, 0.6) is 11.5 Å². The second kappa shape index (κ2) is 7.75. The topological polar surface area (TPSA) is 24.8 Å². The molecule has 0 aromatic heterocycles. The number of anilines is 1. The van der Waals surface area contributed by atoms with Gasteiger partial charge in [0, 0.05) is 24.5 Å². The van der Waals surface area contributed by atoms with Crippen LogP contribution in [0.3, 0.4) is 0 Å². The van der Waals surface area contributed by atoms with Crippen LogP contribution in [-0.4, -0.2) is 18.8 Å². The fourth-order valence-corrected chi connectivity index (χ4v) is 4.05. The number of hydrogen-bond donors (Lipinski definition) is 0. The summed E-state index contributed by atoms with van der Waals surface area (Å²) in [5, 5.41) is 0. The second-order valence-electron chi connectivity index (χ2n) is 8.46. The molecule has 0 unspecified atom stereocenters. The largest absolute Gasteiger partial charge is 0.457 e. The third kappa shape index (κ3) is 4.19. The van der Waals surface area contributed by atoms with Gasteiger partial charge in [-0.2, -0.15) is 0 Å². The highest BCUT2D eigenvalue weighted by Crippen LogP contribution is 2.42. The lowest BCUT2D eigenvalue weighted by Crippen LogP contribution is -2.45. The van der Waals surface area contributed by atoms with E-state index in [4.69, 9.17) is 4.74 Å². The standard InChI is InChI=1S/C26H28N2O/c1-19-17-26(2,3)28(4)25-15-10-20(16-24(19)25)18-27-21-11-13-23(14-12-21)29-22-8-6-5-7-9-22/h5-16,18-19H,17H2,1-4H3/t19-/m0/s1. The van der Waals surface area contributed by atoms with Crippen molar-refractivity contribution in [1.82, 2.24) is 0 Å². The summed E-state index contributed by atoms with van der Waals surface area (Å²) in [4.78, 5) is 7.05. The van der Waals surface area contributed by atoms with Crippen LogP contribution >= 0.6 is 0 Å². The lowest BCUT2D eigenvalue weighted by Gasteiger charge is -2.45. The van der Waals surface area contributed by atoms with Gasteiger partial charge in [-0.3, -0.25) is 4.99 Å². The maximum Gasteiger partial charge on any atom is 0.127 e. The molecule has 0 amide bonds. The first-order valence-electron chi connectivity index (χ1n) is 10.2. The molecular weight excluding hydrogens is 356 g/mol. The van der Waals surface area contributed by atoms with Gasteiger partial charge in [-0.05, 0) is 85.8 Å². The van der Waals surface area contributed by atoms with Crippen LogP contribution in [0.2, 0.25) is 0 Å². The van der Waals surface area contributed by atoms with Crippen molar-refractivity contribution in [2.45, 2.75) is 38.6 Å². The first-order chi connectivity index (χ1) is 13.9. The lowest BCUT2D eigenvalue weighted by molar-refractivity contribution is 0.395. The minimum Gasteiger partial charge on any atom is -0.457 e. The molecule has 0 fully saturated rings. The van der Waals surface area contributed by atoms with Crippen LogP contribution in [0, 0.1) is 0 Å². The molecule has 0 saturated carbocycles. The number of nitrogens with zero attached hydrogens (tertiary/aromatic N) is 2. The second-order valence-corrected chi connectivity index (χ2v) is 8.46. The third-order valence-corrected chi connectivity index (χ3v) is 5.84. The van der Waals surface area contributed by atoms with Gasteiger partial charge in [0.1, 0.15) is 11.5 Å². The fourth-order valence-electron chi connectivity index (χ4n) is 4.05. The van der Waals surface area contributed by atoms with Gasteiger partial charge in [0.2, 0.25) is 0 Å². The van der Waals surface area contributed by atoms with E-state index in [2.05, 4.69) is 55.9 Å². The molecule has 1 heterocycles. The molecule has 0 N–H and O–H groups in total. The van der Waals surface area contributed by atoms with Crippen LogP contribution in [0.4, 0.5) is 11.4 Å². The summed E-state index contributed by atoms with van der Waals surface area (Å²) in [6.07, 6.45) is 3.10. The van der Waals surface area contributed by atoms with Crippen LogP contribution in [0.15, 0.2) is 77.8 Å². The monoisotopic (exact) mass is 384 g/mol. The van der Waals surface area contributed by atoms with Crippen molar-refractivity contribution in [2.24, 2.45) is 4.99 Å². The van der Waals surface area contributed by atoms with Crippen LogP contribution in [-0.2, 0) is 0 Å². The summed E-state index contributed by atoms with van der Waals surface area (Å²) < 4.78 is 5.84. The molecule has 29 heavy (non-hydrogen) atoms. The minimum atomic E-state index is 0.186. The molecule has 0 spiro atoms. The lowest BCUT2D eigenvalue weighted by atomic mass is 9.80. The Morgan fingerprint density at radius 1 is 0.966 bits per heavy atom. The Labute approximate surface area is 173 Å². The summed E-state index contributed by atoms with van der Waals surface area (Å²) in [6.45, 7) is 6.94. The van der Waals surface area contributed by atoms with E-state index in [1.165, 1.54) is 11.3 Å². The fraction of sp³-hybridized carbons (Fsp3) is 0.269. The van der Waals surface area contributed by atoms with E-state index in [0.29, 0.717) is 5.92 Å². The zero-order chi connectivity index (χ0) is 20.4. The smallest absolute Gasteiger partial charge is 0.127 e. The van der Waals surface area contributed by atoms with Crippen LogP contribution in [0.1, 0.15) is 44.2 Å². The zero-order valence-electron chi connectivity index (χ0n) is 17.6. The van der Waals surface area contributed by atoms with E-state index in [1.54, 1.807) is 0 Å². The summed E-state index contributed by atoms with van der Waals surface area (Å²) in [5.41, 5.74) is 4.96. The van der Waals surface area contributed by atoms with Crippen LogP contribution < -0.4 is 9.64 Å². The molecule has 0 saturated heterocycles. The highest BCUT2D eigenvalue weighted by Gasteiger charge is 2.33. The number of para-hydroxylation sites is 1. The molecule has 0 radical (unpaired) electrons. The summed E-state index contributed by atoms with van der Waals surface area (Å²) in [7, 11) is 2.19. The number of hydrogen-bond acceptors (Lipinski definition) is 3. The number of ether oxygens (including phenoxy) is 1. The first kappa shape index (κ1) is 19.3. The summed E-state index contributed by atoms with van der Waals surface area (Å²) >= 11 is 0. The molecule has 3 nitrogen and oxygen atoms in total. The maximum absolute atomic E-state index is 5.84. The predicted octanol–water partition coefficient (Wildman–Crippen LogP) is 6.95. The SMILES string of the molecule is C[C@H]1CC(C)(C)N(C)c2ccc(C=Nc3ccc(Oc4ccccc4)cc3)cc21. The number of aliphatic imine (C=N–C) groups is 1.